The van der Waals surface area contributed by atoms with Crippen LogP contribution in [0.4, 0.5) is 26.3 Å². The molecule has 1 aromatic heterocycles. The molecule has 0 nitrogen and oxygen atoms in total. The highest BCUT2D eigenvalue weighted by atomic mass is 32.1. The summed E-state index contributed by atoms with van der Waals surface area (Å²) in [5, 5.41) is 0. The van der Waals surface area contributed by atoms with Crippen LogP contribution < -0.4 is 0 Å². The Morgan fingerprint density at radius 3 is 1.64 bits per heavy atom. The molecule has 0 N–H and O–H groups in total. The molecule has 36 heavy (non-hydrogen) atoms. The lowest BCUT2D eigenvalue weighted by atomic mass is 9.90. The van der Waals surface area contributed by atoms with Crippen LogP contribution in [0.1, 0.15) is 21.6 Å². The molecular weight excluding hydrogens is 494 g/mol. The fourth-order valence-electron chi connectivity index (χ4n) is 4.66. The second-order valence-electron chi connectivity index (χ2n) is 8.82. The van der Waals surface area contributed by atoms with Crippen molar-refractivity contribution < 1.29 is 26.3 Å². The predicted molar refractivity (Wildman–Crippen MR) is 133 cm³/mol. The summed E-state index contributed by atoms with van der Waals surface area (Å²) in [5.74, 6) is -15.7. The Morgan fingerprint density at radius 2 is 1.08 bits per heavy atom. The highest BCUT2D eigenvalue weighted by Crippen LogP contribution is 2.65. The summed E-state index contributed by atoms with van der Waals surface area (Å²) in [4.78, 5) is 0.786. The summed E-state index contributed by atoms with van der Waals surface area (Å²) in [6, 6.07) is 23.4. The molecule has 3 aromatic carbocycles. The number of alkyl halides is 6. The zero-order valence-electron chi connectivity index (χ0n) is 19.3. The number of aryl methyl sites for hydroxylation is 2. The lowest BCUT2D eigenvalue weighted by Gasteiger charge is -2.26. The van der Waals surface area contributed by atoms with Gasteiger partial charge in [-0.2, -0.15) is 26.3 Å². The highest BCUT2D eigenvalue weighted by Gasteiger charge is 2.80. The minimum Gasteiger partial charge on any atom is -0.194 e. The van der Waals surface area contributed by atoms with Crippen LogP contribution in [-0.4, -0.2) is 17.8 Å². The second-order valence-corrected chi connectivity index (χ2v) is 10.1. The predicted octanol–water partition coefficient (Wildman–Crippen LogP) is 9.53. The molecule has 0 unspecified atom stereocenters. The number of allylic oxidation sites excluding steroid dienone is 2. The van der Waals surface area contributed by atoms with Crippen LogP contribution >= 0.6 is 11.3 Å². The molecule has 4 aromatic rings. The summed E-state index contributed by atoms with van der Waals surface area (Å²) in [5.41, 5.74) is -0.913. The molecular formula is C29H20F6S. The van der Waals surface area contributed by atoms with Crippen LogP contribution in [0.5, 0.6) is 0 Å². The van der Waals surface area contributed by atoms with E-state index in [-0.39, 0.29) is 21.6 Å². The standard InChI is InChI=1S/C29H20F6S/c1-17-15-21(19-9-5-3-6-10-19)13-14-22(17)25-26(28(32,33)29(34,35)27(25,30)31)23-16-24(36-18(23)2)20-11-7-4-8-12-20/h3-16H,1-2H3. The SMILES string of the molecule is Cc1cc(-c2ccccc2)ccc1C1=C(c2cc(-c3ccccc3)sc2C)C(F)(F)C(F)(F)C1(F)F. The molecule has 7 heteroatoms. The van der Waals surface area contributed by atoms with Gasteiger partial charge >= 0.3 is 17.8 Å². The van der Waals surface area contributed by atoms with Crippen molar-refractivity contribution in [2.24, 2.45) is 0 Å². The molecule has 184 valence electrons. The van der Waals surface area contributed by atoms with E-state index >= 15 is 17.6 Å². The van der Waals surface area contributed by atoms with Crippen LogP contribution in [0.2, 0.25) is 0 Å². The van der Waals surface area contributed by atoms with Gasteiger partial charge in [0.25, 0.3) is 0 Å². The Hall–Kier alpha value is -3.32. The number of thiophene rings is 1. The number of hydrogen-bond donors (Lipinski definition) is 0. The molecule has 1 heterocycles. The van der Waals surface area contributed by atoms with E-state index in [4.69, 9.17) is 0 Å². The Balaban J connectivity index is 1.76. The van der Waals surface area contributed by atoms with E-state index in [1.165, 1.54) is 32.0 Å². The Kier molecular flexibility index (Phi) is 5.67. The topological polar surface area (TPSA) is 0 Å². The fourth-order valence-corrected chi connectivity index (χ4v) is 5.69. The average Bonchev–Trinajstić information content (AvgIpc) is 3.28. The van der Waals surface area contributed by atoms with E-state index in [0.717, 1.165) is 16.9 Å². The minimum atomic E-state index is -5.59. The van der Waals surface area contributed by atoms with Crippen LogP contribution in [0.3, 0.4) is 0 Å². The van der Waals surface area contributed by atoms with Gasteiger partial charge < -0.3 is 0 Å². The van der Waals surface area contributed by atoms with Crippen LogP contribution in [-0.2, 0) is 0 Å². The summed E-state index contributed by atoms with van der Waals surface area (Å²) in [6.07, 6.45) is 0. The van der Waals surface area contributed by atoms with E-state index in [1.807, 2.05) is 18.2 Å². The van der Waals surface area contributed by atoms with Gasteiger partial charge in [-0.05, 0) is 53.3 Å². The van der Waals surface area contributed by atoms with Crippen molar-refractivity contribution in [3.63, 3.8) is 0 Å². The fraction of sp³-hybridized carbons (Fsp3) is 0.172. The number of rotatable bonds is 4. The van der Waals surface area contributed by atoms with Gasteiger partial charge in [0.15, 0.2) is 0 Å². The third-order valence-corrected chi connectivity index (χ3v) is 7.61. The quantitative estimate of drug-likeness (QED) is 0.238. The molecule has 0 radical (unpaired) electrons. The largest absolute Gasteiger partial charge is 0.380 e. The first-order valence-electron chi connectivity index (χ1n) is 11.2. The normalized spacial score (nSPS) is 18.0. The van der Waals surface area contributed by atoms with Crippen molar-refractivity contribution in [2.45, 2.75) is 31.6 Å². The van der Waals surface area contributed by atoms with Gasteiger partial charge in [-0.3, -0.25) is 0 Å². The van der Waals surface area contributed by atoms with E-state index in [2.05, 4.69) is 0 Å². The van der Waals surface area contributed by atoms with Gasteiger partial charge in [0.2, 0.25) is 0 Å². The first-order valence-corrected chi connectivity index (χ1v) is 12.0. The molecule has 5 rings (SSSR count). The molecule has 0 saturated carbocycles. The average molecular weight is 515 g/mol. The number of benzene rings is 3. The van der Waals surface area contributed by atoms with Gasteiger partial charge in [0, 0.05) is 20.9 Å². The van der Waals surface area contributed by atoms with Gasteiger partial charge in [-0.15, -0.1) is 11.3 Å². The zero-order chi connectivity index (χ0) is 25.9. The molecule has 0 atom stereocenters. The van der Waals surface area contributed by atoms with E-state index in [9.17, 15) is 8.78 Å². The zero-order valence-corrected chi connectivity index (χ0v) is 20.1. The van der Waals surface area contributed by atoms with Crippen molar-refractivity contribution in [3.8, 4) is 21.6 Å². The van der Waals surface area contributed by atoms with Crippen molar-refractivity contribution in [1.29, 1.82) is 0 Å². The van der Waals surface area contributed by atoms with Gasteiger partial charge in [-0.25, -0.2) is 0 Å². The Morgan fingerprint density at radius 1 is 0.556 bits per heavy atom. The first-order chi connectivity index (χ1) is 17.0. The second kappa shape index (κ2) is 8.37. The third-order valence-electron chi connectivity index (χ3n) is 6.51. The van der Waals surface area contributed by atoms with E-state index < -0.39 is 28.9 Å². The summed E-state index contributed by atoms with van der Waals surface area (Å²) in [6.45, 7) is 2.94. The molecule has 1 aliphatic carbocycles. The van der Waals surface area contributed by atoms with Gasteiger partial charge in [0.05, 0.1) is 0 Å². The molecule has 0 aliphatic heterocycles. The third kappa shape index (κ3) is 3.52. The molecule has 0 spiro atoms. The molecule has 0 bridgehead atoms. The van der Waals surface area contributed by atoms with Gasteiger partial charge in [0.1, 0.15) is 0 Å². The number of halogens is 6. The van der Waals surface area contributed by atoms with Crippen molar-refractivity contribution >= 4 is 22.5 Å². The van der Waals surface area contributed by atoms with Crippen LogP contribution in [0.25, 0.3) is 32.7 Å². The maximum Gasteiger partial charge on any atom is 0.380 e. The van der Waals surface area contributed by atoms with Crippen LogP contribution in [0, 0.1) is 13.8 Å². The van der Waals surface area contributed by atoms with E-state index in [0.29, 0.717) is 16.0 Å². The molecule has 0 fully saturated rings. The highest BCUT2D eigenvalue weighted by molar-refractivity contribution is 7.15. The van der Waals surface area contributed by atoms with Crippen molar-refractivity contribution in [2.75, 3.05) is 0 Å². The van der Waals surface area contributed by atoms with Crippen LogP contribution in [0.15, 0.2) is 84.9 Å². The lowest BCUT2D eigenvalue weighted by molar-refractivity contribution is -0.254. The summed E-state index contributed by atoms with van der Waals surface area (Å²) >= 11 is 1.10. The van der Waals surface area contributed by atoms with Gasteiger partial charge in [-0.1, -0.05) is 78.9 Å². The Bertz CT molecular complexity index is 1470. The monoisotopic (exact) mass is 514 g/mol. The van der Waals surface area contributed by atoms with E-state index in [1.54, 1.807) is 48.5 Å². The maximum absolute atomic E-state index is 15.3. The summed E-state index contributed by atoms with van der Waals surface area (Å²) in [7, 11) is 0. The van der Waals surface area contributed by atoms with Crippen molar-refractivity contribution in [3.05, 3.63) is 106 Å². The lowest BCUT2D eigenvalue weighted by Crippen LogP contribution is -2.49. The minimum absolute atomic E-state index is 0.202. The Labute approximate surface area is 208 Å². The maximum atomic E-state index is 15.3. The summed E-state index contributed by atoms with van der Waals surface area (Å²) < 4.78 is 90.7. The molecule has 1 aliphatic rings. The smallest absolute Gasteiger partial charge is 0.194 e. The molecule has 0 amide bonds. The first kappa shape index (κ1) is 24.4. The number of hydrogen-bond acceptors (Lipinski definition) is 1. The van der Waals surface area contributed by atoms with Crippen molar-refractivity contribution in [1.82, 2.24) is 0 Å². The molecule has 0 saturated heterocycles.